The number of benzene rings is 1. The van der Waals surface area contributed by atoms with Gasteiger partial charge in [-0.3, -0.25) is 4.72 Å². The predicted molar refractivity (Wildman–Crippen MR) is 82.3 cm³/mol. The number of hydrogen-bond donors (Lipinski definition) is 2. The minimum absolute atomic E-state index is 0.0868. The molecule has 2 aromatic rings. The molecule has 0 aliphatic heterocycles. The van der Waals surface area contributed by atoms with E-state index in [2.05, 4.69) is 27.3 Å². The Balaban J connectivity index is 2.36. The standard InChI is InChI=1S/C12H11IN2O4S/c1-15-7-10(6-11(15)12(16)17)20(18,19)14-9-4-2-3-8(13)5-9/h2-7,14H,1H3,(H,16,17). The van der Waals surface area contributed by atoms with Crippen LogP contribution in [0.25, 0.3) is 0 Å². The van der Waals surface area contributed by atoms with Gasteiger partial charge in [-0.1, -0.05) is 6.07 Å². The smallest absolute Gasteiger partial charge is 0.352 e. The van der Waals surface area contributed by atoms with E-state index in [9.17, 15) is 13.2 Å². The molecular formula is C12H11IN2O4S. The lowest BCUT2D eigenvalue weighted by Gasteiger charge is -2.06. The molecule has 0 unspecified atom stereocenters. The summed E-state index contributed by atoms with van der Waals surface area (Å²) in [5.41, 5.74) is 0.339. The summed E-state index contributed by atoms with van der Waals surface area (Å²) >= 11 is 2.07. The third kappa shape index (κ3) is 3.12. The highest BCUT2D eigenvalue weighted by molar-refractivity contribution is 14.1. The van der Waals surface area contributed by atoms with E-state index in [-0.39, 0.29) is 10.6 Å². The fraction of sp³-hybridized carbons (Fsp3) is 0.0833. The number of aryl methyl sites for hydroxylation is 1. The van der Waals surface area contributed by atoms with Crippen LogP contribution < -0.4 is 4.72 Å². The molecule has 2 rings (SSSR count). The molecule has 1 aromatic heterocycles. The SMILES string of the molecule is Cn1cc(S(=O)(=O)Nc2cccc(I)c2)cc1C(=O)O. The Kier molecular flexibility index (Phi) is 4.04. The molecule has 0 saturated heterocycles. The number of nitrogens with one attached hydrogen (secondary N) is 1. The third-order valence-electron chi connectivity index (χ3n) is 2.59. The van der Waals surface area contributed by atoms with Gasteiger partial charge in [0, 0.05) is 22.5 Å². The Morgan fingerprint density at radius 3 is 2.60 bits per heavy atom. The molecule has 0 fully saturated rings. The molecule has 0 amide bonds. The van der Waals surface area contributed by atoms with E-state index < -0.39 is 16.0 Å². The van der Waals surface area contributed by atoms with Crippen molar-refractivity contribution in [2.75, 3.05) is 4.72 Å². The summed E-state index contributed by atoms with van der Waals surface area (Å²) in [7, 11) is -2.32. The van der Waals surface area contributed by atoms with Gasteiger partial charge < -0.3 is 9.67 Å². The molecule has 0 aliphatic carbocycles. The van der Waals surface area contributed by atoms with Gasteiger partial charge in [0.25, 0.3) is 10.0 Å². The largest absolute Gasteiger partial charge is 0.477 e. The molecule has 1 heterocycles. The van der Waals surface area contributed by atoms with E-state index in [1.54, 1.807) is 18.2 Å². The summed E-state index contributed by atoms with van der Waals surface area (Å²) in [6, 6.07) is 8.00. The van der Waals surface area contributed by atoms with Gasteiger partial charge in [-0.2, -0.15) is 0 Å². The van der Waals surface area contributed by atoms with E-state index in [1.165, 1.54) is 17.8 Å². The van der Waals surface area contributed by atoms with Crippen molar-refractivity contribution in [2.45, 2.75) is 4.90 Å². The van der Waals surface area contributed by atoms with E-state index in [0.29, 0.717) is 5.69 Å². The summed E-state index contributed by atoms with van der Waals surface area (Å²) in [4.78, 5) is 10.8. The molecule has 8 heteroatoms. The first kappa shape index (κ1) is 14.9. The van der Waals surface area contributed by atoms with Crippen LogP contribution in [0.3, 0.4) is 0 Å². The zero-order valence-corrected chi connectivity index (χ0v) is 13.3. The maximum Gasteiger partial charge on any atom is 0.352 e. The van der Waals surface area contributed by atoms with E-state index in [1.807, 2.05) is 6.07 Å². The van der Waals surface area contributed by atoms with Crippen molar-refractivity contribution >= 4 is 44.3 Å². The number of rotatable bonds is 4. The average Bonchev–Trinajstić information content (AvgIpc) is 2.71. The van der Waals surface area contributed by atoms with Gasteiger partial charge in [0.1, 0.15) is 10.6 Å². The summed E-state index contributed by atoms with van der Waals surface area (Å²) in [5, 5.41) is 8.93. The Morgan fingerprint density at radius 2 is 2.05 bits per heavy atom. The zero-order chi connectivity index (χ0) is 14.9. The minimum Gasteiger partial charge on any atom is -0.477 e. The van der Waals surface area contributed by atoms with Crippen molar-refractivity contribution in [1.29, 1.82) is 0 Å². The zero-order valence-electron chi connectivity index (χ0n) is 10.4. The fourth-order valence-electron chi connectivity index (χ4n) is 1.66. The first-order valence-electron chi connectivity index (χ1n) is 5.47. The normalized spacial score (nSPS) is 11.3. The minimum atomic E-state index is -3.80. The average molecular weight is 406 g/mol. The molecule has 2 N–H and O–H groups in total. The molecule has 20 heavy (non-hydrogen) atoms. The Bertz CT molecular complexity index is 768. The lowest BCUT2D eigenvalue weighted by molar-refractivity contribution is 0.0686. The van der Waals surface area contributed by atoms with Gasteiger partial charge in [0.2, 0.25) is 0 Å². The van der Waals surface area contributed by atoms with Gasteiger partial charge in [-0.05, 0) is 46.9 Å². The number of carbonyl (C=O) groups is 1. The third-order valence-corrected chi connectivity index (χ3v) is 4.61. The number of sulfonamides is 1. The molecule has 0 atom stereocenters. The summed E-state index contributed by atoms with van der Waals surface area (Å²) in [6.07, 6.45) is 1.26. The Morgan fingerprint density at radius 1 is 1.35 bits per heavy atom. The summed E-state index contributed by atoms with van der Waals surface area (Å²) in [6.45, 7) is 0. The first-order valence-corrected chi connectivity index (χ1v) is 8.04. The van der Waals surface area contributed by atoms with Gasteiger partial charge in [-0.25, -0.2) is 13.2 Å². The number of aromatic carboxylic acids is 1. The maximum atomic E-state index is 12.2. The number of carboxylic acids is 1. The second kappa shape index (κ2) is 5.44. The van der Waals surface area contributed by atoms with Gasteiger partial charge >= 0.3 is 5.97 Å². The quantitative estimate of drug-likeness (QED) is 0.762. The van der Waals surface area contributed by atoms with Crippen LogP contribution in [-0.4, -0.2) is 24.1 Å². The van der Waals surface area contributed by atoms with Crippen molar-refractivity contribution < 1.29 is 18.3 Å². The van der Waals surface area contributed by atoms with Crippen LogP contribution in [0.2, 0.25) is 0 Å². The predicted octanol–water partition coefficient (Wildman–Crippen LogP) is 2.13. The fourth-order valence-corrected chi connectivity index (χ4v) is 3.32. The van der Waals surface area contributed by atoms with Crippen LogP contribution in [0.5, 0.6) is 0 Å². The molecule has 0 bridgehead atoms. The van der Waals surface area contributed by atoms with Crippen LogP contribution in [0, 0.1) is 3.57 Å². The number of aromatic nitrogens is 1. The molecule has 1 aromatic carbocycles. The topological polar surface area (TPSA) is 88.4 Å². The van der Waals surface area contributed by atoms with Crippen LogP contribution in [0.15, 0.2) is 41.4 Å². The highest BCUT2D eigenvalue weighted by Gasteiger charge is 2.20. The number of carboxylic acid groups (broad SMARTS) is 1. The Labute approximate surface area is 129 Å². The maximum absolute atomic E-state index is 12.2. The highest BCUT2D eigenvalue weighted by atomic mass is 127. The summed E-state index contributed by atoms with van der Waals surface area (Å²) in [5.74, 6) is -1.18. The molecular weight excluding hydrogens is 395 g/mol. The van der Waals surface area contributed by atoms with Crippen molar-refractivity contribution in [3.05, 3.63) is 45.8 Å². The second-order valence-electron chi connectivity index (χ2n) is 4.09. The van der Waals surface area contributed by atoms with Gasteiger partial charge in [0.15, 0.2) is 0 Å². The van der Waals surface area contributed by atoms with Crippen LogP contribution in [-0.2, 0) is 17.1 Å². The van der Waals surface area contributed by atoms with E-state index in [0.717, 1.165) is 9.64 Å². The molecule has 0 spiro atoms. The number of nitrogens with zero attached hydrogens (tertiary/aromatic N) is 1. The lowest BCUT2D eigenvalue weighted by Crippen LogP contribution is -2.12. The van der Waals surface area contributed by atoms with Gasteiger partial charge in [-0.15, -0.1) is 0 Å². The van der Waals surface area contributed by atoms with Crippen LogP contribution >= 0.6 is 22.6 Å². The number of halogens is 1. The number of anilines is 1. The molecule has 0 radical (unpaired) electrons. The van der Waals surface area contributed by atoms with E-state index in [4.69, 9.17) is 5.11 Å². The summed E-state index contributed by atoms with van der Waals surface area (Å²) < 4.78 is 28.9. The molecule has 0 saturated carbocycles. The van der Waals surface area contributed by atoms with Gasteiger partial charge in [0.05, 0.1) is 0 Å². The Hall–Kier alpha value is -1.55. The second-order valence-corrected chi connectivity index (χ2v) is 7.02. The molecule has 106 valence electrons. The van der Waals surface area contributed by atoms with E-state index >= 15 is 0 Å². The van der Waals surface area contributed by atoms with Crippen molar-refractivity contribution in [1.82, 2.24) is 4.57 Å². The first-order chi connectivity index (χ1) is 9.29. The highest BCUT2D eigenvalue weighted by Crippen LogP contribution is 2.19. The van der Waals surface area contributed by atoms with Crippen molar-refractivity contribution in [2.24, 2.45) is 7.05 Å². The number of hydrogen-bond acceptors (Lipinski definition) is 3. The monoisotopic (exact) mass is 406 g/mol. The lowest BCUT2D eigenvalue weighted by atomic mass is 10.3. The van der Waals surface area contributed by atoms with Crippen LogP contribution in [0.1, 0.15) is 10.5 Å². The van der Waals surface area contributed by atoms with Crippen LogP contribution in [0.4, 0.5) is 5.69 Å². The van der Waals surface area contributed by atoms with Crippen molar-refractivity contribution in [3.63, 3.8) is 0 Å². The van der Waals surface area contributed by atoms with Crippen molar-refractivity contribution in [3.8, 4) is 0 Å². The molecule has 0 aliphatic rings. The molecule has 6 nitrogen and oxygen atoms in total.